The normalized spacial score (nSPS) is 11.9. The van der Waals surface area contributed by atoms with E-state index in [0.717, 1.165) is 50.0 Å². The van der Waals surface area contributed by atoms with Gasteiger partial charge in [0.2, 0.25) is 0 Å². The molecule has 4 heteroatoms. The second-order valence-electron chi connectivity index (χ2n) is 9.07. The minimum absolute atomic E-state index is 0.903. The van der Waals surface area contributed by atoms with Crippen LogP contribution in [-0.2, 0) is 0 Å². The number of hydrogen-bond donors (Lipinski definition) is 1. The fraction of sp³-hybridized carbons (Fsp3) is 0. The van der Waals surface area contributed by atoms with E-state index in [4.69, 9.17) is 9.97 Å². The maximum atomic E-state index is 5.44. The van der Waals surface area contributed by atoms with Crippen LogP contribution in [0.25, 0.3) is 75.5 Å². The molecule has 8 aromatic rings. The van der Waals surface area contributed by atoms with Crippen molar-refractivity contribution in [3.63, 3.8) is 0 Å². The molecule has 0 unspecified atom stereocenters. The molecule has 8 rings (SSSR count). The van der Waals surface area contributed by atoms with Crippen LogP contribution in [0, 0.1) is 0 Å². The smallest absolute Gasteiger partial charge is 0.100 e. The maximum absolute atomic E-state index is 5.44. The van der Waals surface area contributed by atoms with Crippen molar-refractivity contribution in [2.24, 2.45) is 0 Å². The number of hydrogen-bond acceptors (Lipinski definition) is 3. The number of thiophene rings is 1. The van der Waals surface area contributed by atoms with E-state index in [1.54, 1.807) is 0 Å². The van der Waals surface area contributed by atoms with Crippen LogP contribution in [0.4, 0.5) is 0 Å². The molecule has 0 bridgehead atoms. The number of para-hydroxylation sites is 1. The summed E-state index contributed by atoms with van der Waals surface area (Å²) in [5.41, 5.74) is 8.10. The van der Waals surface area contributed by atoms with Crippen LogP contribution in [0.5, 0.6) is 0 Å². The zero-order chi connectivity index (χ0) is 23.6. The summed E-state index contributed by atoms with van der Waals surface area (Å²) in [5.74, 6) is 0. The van der Waals surface area contributed by atoms with Crippen molar-refractivity contribution in [2.75, 3.05) is 0 Å². The first kappa shape index (κ1) is 19.7. The third kappa shape index (κ3) is 2.73. The molecule has 0 aliphatic heterocycles. The Kier molecular flexibility index (Phi) is 4.10. The summed E-state index contributed by atoms with van der Waals surface area (Å²) in [6, 6.07) is 37.9. The Labute approximate surface area is 210 Å². The Morgan fingerprint density at radius 1 is 0.528 bits per heavy atom. The van der Waals surface area contributed by atoms with Gasteiger partial charge in [-0.05, 0) is 12.1 Å². The Bertz CT molecular complexity index is 1940. The second-order valence-corrected chi connectivity index (χ2v) is 10.1. The molecule has 3 heterocycles. The van der Waals surface area contributed by atoms with Crippen molar-refractivity contribution in [3.05, 3.63) is 109 Å². The first-order chi connectivity index (χ1) is 17.9. The van der Waals surface area contributed by atoms with E-state index in [1.165, 1.54) is 25.6 Å². The number of nitrogens with zero attached hydrogens (tertiary/aromatic N) is 2. The molecule has 0 amide bonds. The lowest BCUT2D eigenvalue weighted by Gasteiger charge is -2.12. The molecule has 0 atom stereocenters. The summed E-state index contributed by atoms with van der Waals surface area (Å²) in [4.78, 5) is 14.6. The largest absolute Gasteiger partial charge is 0.353 e. The molecule has 0 spiro atoms. The lowest BCUT2D eigenvalue weighted by Crippen LogP contribution is -1.96. The average molecular weight is 478 g/mol. The van der Waals surface area contributed by atoms with Gasteiger partial charge in [-0.3, -0.25) is 0 Å². The van der Waals surface area contributed by atoms with E-state index in [-0.39, 0.29) is 0 Å². The quantitative estimate of drug-likeness (QED) is 0.270. The van der Waals surface area contributed by atoms with Gasteiger partial charge in [-0.1, -0.05) is 97.1 Å². The van der Waals surface area contributed by atoms with Gasteiger partial charge in [0.05, 0.1) is 27.1 Å². The third-order valence-electron chi connectivity index (χ3n) is 6.99. The van der Waals surface area contributed by atoms with Gasteiger partial charge in [-0.2, -0.15) is 0 Å². The topological polar surface area (TPSA) is 41.6 Å². The first-order valence-electron chi connectivity index (χ1n) is 12.0. The van der Waals surface area contributed by atoms with Crippen LogP contribution >= 0.6 is 11.3 Å². The number of aromatic amines is 1. The fourth-order valence-corrected chi connectivity index (χ4v) is 6.60. The fourth-order valence-electron chi connectivity index (χ4n) is 5.39. The van der Waals surface area contributed by atoms with E-state index in [1.807, 2.05) is 23.5 Å². The minimum atomic E-state index is 0.903. The molecule has 0 aliphatic carbocycles. The van der Waals surface area contributed by atoms with Gasteiger partial charge in [-0.25, -0.2) is 9.97 Å². The standard InChI is InChI=1S/C32H19N3S/c1-3-11-19(12-4-1)27-28(20-13-5-2-6-14-20)35-30-26-22-16-8-10-18-24(22)36-32(26)31-25(29(30)34-27)21-15-7-9-17-23(21)33-31/h1-18,33H. The van der Waals surface area contributed by atoms with Crippen LogP contribution < -0.4 is 0 Å². The van der Waals surface area contributed by atoms with Gasteiger partial charge < -0.3 is 4.98 Å². The molecule has 0 aliphatic rings. The van der Waals surface area contributed by atoms with Gasteiger partial charge in [0, 0.05) is 42.9 Å². The number of nitrogens with one attached hydrogen (secondary N) is 1. The Balaban J connectivity index is 1.66. The zero-order valence-corrected chi connectivity index (χ0v) is 20.0. The molecule has 0 radical (unpaired) electrons. The van der Waals surface area contributed by atoms with Crippen LogP contribution in [0.2, 0.25) is 0 Å². The Morgan fingerprint density at radius 3 is 1.78 bits per heavy atom. The number of aromatic nitrogens is 3. The Morgan fingerprint density at radius 2 is 1.08 bits per heavy atom. The van der Waals surface area contributed by atoms with Crippen molar-refractivity contribution in [3.8, 4) is 22.5 Å². The summed E-state index contributed by atoms with van der Waals surface area (Å²) < 4.78 is 2.49. The minimum Gasteiger partial charge on any atom is -0.353 e. The van der Waals surface area contributed by atoms with Gasteiger partial charge in [0.1, 0.15) is 5.52 Å². The monoisotopic (exact) mass is 477 g/mol. The van der Waals surface area contributed by atoms with E-state index in [2.05, 4.69) is 102 Å². The van der Waals surface area contributed by atoms with Crippen LogP contribution in [0.3, 0.4) is 0 Å². The highest BCUT2D eigenvalue weighted by Gasteiger charge is 2.22. The van der Waals surface area contributed by atoms with Gasteiger partial charge >= 0.3 is 0 Å². The van der Waals surface area contributed by atoms with E-state index >= 15 is 0 Å². The molecule has 0 saturated carbocycles. The summed E-state index contributed by atoms with van der Waals surface area (Å²) in [7, 11) is 0. The molecule has 168 valence electrons. The molecular formula is C32H19N3S. The second kappa shape index (κ2) is 7.48. The molecule has 1 N–H and O–H groups in total. The number of H-pyrrole nitrogens is 1. The molecule has 3 nitrogen and oxygen atoms in total. The lowest BCUT2D eigenvalue weighted by atomic mass is 10.0. The number of fused-ring (bicyclic) bond motifs is 10. The number of rotatable bonds is 2. The molecule has 0 saturated heterocycles. The predicted molar refractivity (Wildman–Crippen MR) is 153 cm³/mol. The van der Waals surface area contributed by atoms with E-state index in [0.29, 0.717) is 0 Å². The Hall–Kier alpha value is -4.54. The predicted octanol–water partition coefficient (Wildman–Crippen LogP) is 8.97. The van der Waals surface area contributed by atoms with Crippen LogP contribution in [0.15, 0.2) is 109 Å². The third-order valence-corrected chi connectivity index (χ3v) is 8.18. The summed E-state index contributed by atoms with van der Waals surface area (Å²) in [6.45, 7) is 0. The average Bonchev–Trinajstić information content (AvgIpc) is 3.53. The molecule has 5 aromatic carbocycles. The van der Waals surface area contributed by atoms with Gasteiger partial charge in [-0.15, -0.1) is 11.3 Å². The van der Waals surface area contributed by atoms with E-state index < -0.39 is 0 Å². The maximum Gasteiger partial charge on any atom is 0.100 e. The van der Waals surface area contributed by atoms with Gasteiger partial charge in [0.25, 0.3) is 0 Å². The van der Waals surface area contributed by atoms with Crippen molar-refractivity contribution in [1.82, 2.24) is 15.0 Å². The van der Waals surface area contributed by atoms with Crippen molar-refractivity contribution >= 4 is 64.3 Å². The zero-order valence-electron chi connectivity index (χ0n) is 19.2. The van der Waals surface area contributed by atoms with Crippen molar-refractivity contribution in [1.29, 1.82) is 0 Å². The number of benzene rings is 5. The molecule has 36 heavy (non-hydrogen) atoms. The van der Waals surface area contributed by atoms with Crippen LogP contribution in [-0.4, -0.2) is 15.0 Å². The van der Waals surface area contributed by atoms with Crippen molar-refractivity contribution in [2.45, 2.75) is 0 Å². The lowest BCUT2D eigenvalue weighted by molar-refractivity contribution is 1.31. The molecule has 3 aromatic heterocycles. The van der Waals surface area contributed by atoms with Crippen LogP contribution in [0.1, 0.15) is 0 Å². The van der Waals surface area contributed by atoms with E-state index in [9.17, 15) is 0 Å². The van der Waals surface area contributed by atoms with Gasteiger partial charge in [0.15, 0.2) is 0 Å². The molecular weight excluding hydrogens is 458 g/mol. The van der Waals surface area contributed by atoms with Crippen molar-refractivity contribution < 1.29 is 0 Å². The molecule has 0 fully saturated rings. The summed E-state index contributed by atoms with van der Waals surface area (Å²) >= 11 is 1.82. The highest BCUT2D eigenvalue weighted by Crippen LogP contribution is 2.46. The highest BCUT2D eigenvalue weighted by atomic mass is 32.1. The summed E-state index contributed by atoms with van der Waals surface area (Å²) in [5, 5.41) is 4.72. The SMILES string of the molecule is c1ccc(-c2nc3c(nc2-c2ccccc2)c2c4ccccc4sc2c2[nH]c4ccccc4c32)cc1. The first-order valence-corrected chi connectivity index (χ1v) is 12.8. The highest BCUT2D eigenvalue weighted by molar-refractivity contribution is 7.26. The summed E-state index contributed by atoms with van der Waals surface area (Å²) in [6.07, 6.45) is 0.